The maximum atomic E-state index is 13.7. The summed E-state index contributed by atoms with van der Waals surface area (Å²) in [6.07, 6.45) is 2.11. The predicted molar refractivity (Wildman–Crippen MR) is 87.8 cm³/mol. The molecule has 0 saturated carbocycles. The van der Waals surface area contributed by atoms with Crippen molar-refractivity contribution < 1.29 is 9.13 Å². The molecule has 0 aliphatic heterocycles. The average molecular weight is 297 g/mol. The summed E-state index contributed by atoms with van der Waals surface area (Å²) in [5.74, 6) is -0.0353. The standard InChI is InChI=1S/C19H20FNO/c1-13(2)21-11-15(16-10-14(3)8-9-18(16)21)12-22-19-7-5-4-6-17(19)20/h4-11,13H,12H2,1-3H3. The van der Waals surface area contributed by atoms with Crippen molar-refractivity contribution in [2.24, 2.45) is 0 Å². The van der Waals surface area contributed by atoms with Crippen LogP contribution >= 0.6 is 0 Å². The molecule has 0 spiro atoms. The number of ether oxygens (including phenoxy) is 1. The van der Waals surface area contributed by atoms with Crippen molar-refractivity contribution in [3.8, 4) is 5.75 Å². The Labute approximate surface area is 130 Å². The van der Waals surface area contributed by atoms with E-state index < -0.39 is 0 Å². The molecule has 3 heteroatoms. The van der Waals surface area contributed by atoms with Crippen LogP contribution in [0.25, 0.3) is 10.9 Å². The Morgan fingerprint density at radius 3 is 2.64 bits per heavy atom. The highest BCUT2D eigenvalue weighted by Crippen LogP contribution is 2.27. The lowest BCUT2D eigenvalue weighted by Crippen LogP contribution is -1.99. The lowest BCUT2D eigenvalue weighted by molar-refractivity contribution is 0.291. The Balaban J connectivity index is 1.96. The molecule has 0 N–H and O–H groups in total. The van der Waals surface area contributed by atoms with Gasteiger partial charge in [0.2, 0.25) is 0 Å². The fraction of sp³-hybridized carbons (Fsp3) is 0.263. The van der Waals surface area contributed by atoms with Crippen molar-refractivity contribution in [2.45, 2.75) is 33.4 Å². The van der Waals surface area contributed by atoms with Crippen LogP contribution < -0.4 is 4.74 Å². The first-order valence-electron chi connectivity index (χ1n) is 7.53. The number of halogens is 1. The third kappa shape index (κ3) is 2.71. The largest absolute Gasteiger partial charge is 0.486 e. The van der Waals surface area contributed by atoms with Crippen molar-refractivity contribution in [3.05, 3.63) is 65.6 Å². The van der Waals surface area contributed by atoms with Crippen LogP contribution in [0.15, 0.2) is 48.7 Å². The lowest BCUT2D eigenvalue weighted by Gasteiger charge is -2.08. The van der Waals surface area contributed by atoms with Crippen LogP contribution in [0, 0.1) is 12.7 Å². The van der Waals surface area contributed by atoms with Crippen LogP contribution in [-0.2, 0) is 6.61 Å². The first-order chi connectivity index (χ1) is 10.6. The summed E-state index contributed by atoms with van der Waals surface area (Å²) in [5, 5.41) is 1.17. The monoisotopic (exact) mass is 297 g/mol. The minimum Gasteiger partial charge on any atom is -0.486 e. The Morgan fingerprint density at radius 2 is 1.91 bits per heavy atom. The molecule has 3 aromatic rings. The summed E-state index contributed by atoms with van der Waals surface area (Å²) in [5.41, 5.74) is 3.48. The highest BCUT2D eigenvalue weighted by molar-refractivity contribution is 5.84. The number of benzene rings is 2. The van der Waals surface area contributed by atoms with Gasteiger partial charge in [-0.3, -0.25) is 0 Å². The lowest BCUT2D eigenvalue weighted by atomic mass is 10.1. The molecule has 1 heterocycles. The van der Waals surface area contributed by atoms with Crippen molar-refractivity contribution in [2.75, 3.05) is 0 Å². The molecule has 0 unspecified atom stereocenters. The Hall–Kier alpha value is -2.29. The third-order valence-corrected chi connectivity index (χ3v) is 3.85. The van der Waals surface area contributed by atoms with Gasteiger partial charge in [-0.25, -0.2) is 4.39 Å². The van der Waals surface area contributed by atoms with E-state index in [4.69, 9.17) is 4.74 Å². The second-order valence-electron chi connectivity index (χ2n) is 5.90. The van der Waals surface area contributed by atoms with Gasteiger partial charge in [-0.15, -0.1) is 0 Å². The molecule has 2 nitrogen and oxygen atoms in total. The molecule has 0 fully saturated rings. The van der Waals surface area contributed by atoms with Crippen LogP contribution in [0.5, 0.6) is 5.75 Å². The zero-order chi connectivity index (χ0) is 15.7. The van der Waals surface area contributed by atoms with E-state index in [0.29, 0.717) is 18.4 Å². The van der Waals surface area contributed by atoms with Gasteiger partial charge in [0.25, 0.3) is 0 Å². The minimum absolute atomic E-state index is 0.292. The summed E-state index contributed by atoms with van der Waals surface area (Å²) in [4.78, 5) is 0. The van der Waals surface area contributed by atoms with Gasteiger partial charge in [0.05, 0.1) is 0 Å². The fourth-order valence-electron chi connectivity index (χ4n) is 2.70. The molecule has 0 radical (unpaired) electrons. The van der Waals surface area contributed by atoms with Gasteiger partial charge in [0, 0.05) is 28.7 Å². The van der Waals surface area contributed by atoms with E-state index in [0.717, 1.165) is 5.56 Å². The van der Waals surface area contributed by atoms with Gasteiger partial charge in [-0.05, 0) is 45.0 Å². The molecule has 114 valence electrons. The van der Waals surface area contributed by atoms with Crippen LogP contribution in [0.1, 0.15) is 31.0 Å². The second-order valence-corrected chi connectivity index (χ2v) is 5.90. The summed E-state index contributed by atoms with van der Waals surface area (Å²) < 4.78 is 21.6. The van der Waals surface area contributed by atoms with Crippen molar-refractivity contribution >= 4 is 10.9 Å². The zero-order valence-corrected chi connectivity index (χ0v) is 13.1. The Kier molecular flexibility index (Phi) is 3.88. The molecule has 0 aliphatic rings. The molecule has 0 bridgehead atoms. The van der Waals surface area contributed by atoms with E-state index in [1.165, 1.54) is 22.5 Å². The summed E-state index contributed by atoms with van der Waals surface area (Å²) >= 11 is 0. The molecule has 0 amide bonds. The van der Waals surface area contributed by atoms with Gasteiger partial charge < -0.3 is 9.30 Å². The normalized spacial score (nSPS) is 11.3. The highest BCUT2D eigenvalue weighted by Gasteiger charge is 2.12. The number of fused-ring (bicyclic) bond motifs is 1. The van der Waals surface area contributed by atoms with E-state index in [9.17, 15) is 4.39 Å². The number of aromatic nitrogens is 1. The molecule has 0 atom stereocenters. The van der Waals surface area contributed by atoms with Crippen molar-refractivity contribution in [3.63, 3.8) is 0 Å². The highest BCUT2D eigenvalue weighted by atomic mass is 19.1. The van der Waals surface area contributed by atoms with E-state index in [1.54, 1.807) is 18.2 Å². The quantitative estimate of drug-likeness (QED) is 0.641. The van der Waals surface area contributed by atoms with Gasteiger partial charge >= 0.3 is 0 Å². The van der Waals surface area contributed by atoms with Crippen molar-refractivity contribution in [1.82, 2.24) is 4.57 Å². The summed E-state index contributed by atoms with van der Waals surface area (Å²) in [6, 6.07) is 13.3. The fourth-order valence-corrected chi connectivity index (χ4v) is 2.70. The molecule has 1 aromatic heterocycles. The van der Waals surface area contributed by atoms with Crippen LogP contribution in [0.2, 0.25) is 0 Å². The summed E-state index contributed by atoms with van der Waals surface area (Å²) in [7, 11) is 0. The maximum Gasteiger partial charge on any atom is 0.165 e. The number of aryl methyl sites for hydroxylation is 1. The second kappa shape index (κ2) is 5.84. The van der Waals surface area contributed by atoms with Gasteiger partial charge in [0.1, 0.15) is 6.61 Å². The number of rotatable bonds is 4. The van der Waals surface area contributed by atoms with Crippen LogP contribution in [0.3, 0.4) is 0 Å². The maximum absolute atomic E-state index is 13.7. The minimum atomic E-state index is -0.328. The first-order valence-corrected chi connectivity index (χ1v) is 7.53. The first kappa shape index (κ1) is 14.6. The van der Waals surface area contributed by atoms with Crippen LogP contribution in [-0.4, -0.2) is 4.57 Å². The van der Waals surface area contributed by atoms with Gasteiger partial charge in [0.15, 0.2) is 11.6 Å². The SMILES string of the molecule is Cc1ccc2c(c1)c(COc1ccccc1F)cn2C(C)C. The average Bonchev–Trinajstić information content (AvgIpc) is 2.84. The van der Waals surface area contributed by atoms with E-state index in [1.807, 2.05) is 0 Å². The van der Waals surface area contributed by atoms with Crippen LogP contribution in [0.4, 0.5) is 4.39 Å². The number of hydrogen-bond acceptors (Lipinski definition) is 1. The molecule has 3 rings (SSSR count). The van der Waals surface area contributed by atoms with Gasteiger partial charge in [-0.1, -0.05) is 23.8 Å². The Bertz CT molecular complexity index is 804. The molecule has 0 saturated heterocycles. The smallest absolute Gasteiger partial charge is 0.165 e. The zero-order valence-electron chi connectivity index (χ0n) is 13.1. The van der Waals surface area contributed by atoms with Gasteiger partial charge in [-0.2, -0.15) is 0 Å². The summed E-state index contributed by atoms with van der Waals surface area (Å²) in [6.45, 7) is 6.75. The molecular formula is C19H20FNO. The van der Waals surface area contributed by atoms with E-state index >= 15 is 0 Å². The topological polar surface area (TPSA) is 14.2 Å². The molecule has 2 aromatic carbocycles. The predicted octanol–water partition coefficient (Wildman–Crippen LogP) is 5.25. The third-order valence-electron chi connectivity index (χ3n) is 3.85. The van der Waals surface area contributed by atoms with E-state index in [-0.39, 0.29) is 5.82 Å². The number of para-hydroxylation sites is 1. The molecule has 22 heavy (non-hydrogen) atoms. The van der Waals surface area contributed by atoms with Crippen molar-refractivity contribution in [1.29, 1.82) is 0 Å². The number of nitrogens with zero attached hydrogens (tertiary/aromatic N) is 1. The molecular weight excluding hydrogens is 277 g/mol. The molecule has 0 aliphatic carbocycles. The Morgan fingerprint density at radius 1 is 1.14 bits per heavy atom. The van der Waals surface area contributed by atoms with E-state index in [2.05, 4.69) is 49.7 Å². The number of hydrogen-bond donors (Lipinski definition) is 0.